The molecule has 0 aromatic carbocycles. The second-order valence-corrected chi connectivity index (χ2v) is 6.00. The van der Waals surface area contributed by atoms with Crippen LogP contribution in [0.5, 0.6) is 0 Å². The maximum absolute atomic E-state index is 9.01. The minimum atomic E-state index is 0.199. The van der Waals surface area contributed by atoms with Gasteiger partial charge in [-0.25, -0.2) is 0 Å². The Kier molecular flexibility index (Phi) is 4.77. The van der Waals surface area contributed by atoms with Crippen LogP contribution < -0.4 is 0 Å². The molecule has 0 radical (unpaired) electrons. The van der Waals surface area contributed by atoms with Crippen LogP contribution in [0, 0.1) is 23.2 Å². The smallest absolute Gasteiger partial charge is 0.0667 e. The van der Waals surface area contributed by atoms with Gasteiger partial charge in [-0.05, 0) is 25.2 Å². The molecule has 0 aliphatic heterocycles. The van der Waals surface area contributed by atoms with Gasteiger partial charge in [0.15, 0.2) is 0 Å². The summed E-state index contributed by atoms with van der Waals surface area (Å²) in [5.74, 6) is 0.938. The Balaban J connectivity index is 2.49. The normalized spacial score (nSPS) is 34.9. The second kappa shape index (κ2) is 5.63. The first-order valence-electron chi connectivity index (χ1n) is 5.33. The molecule has 14 heavy (non-hydrogen) atoms. The van der Waals surface area contributed by atoms with Crippen molar-refractivity contribution in [1.82, 2.24) is 0 Å². The van der Waals surface area contributed by atoms with E-state index in [1.54, 1.807) is 11.8 Å². The van der Waals surface area contributed by atoms with Crippen molar-refractivity contribution in [2.24, 2.45) is 11.8 Å². The monoisotopic (exact) mass is 213 g/mol. The van der Waals surface area contributed by atoms with Crippen LogP contribution in [0.2, 0.25) is 0 Å². The minimum absolute atomic E-state index is 0.199. The molecule has 4 unspecified atom stereocenters. The molecule has 4 atom stereocenters. The highest BCUT2D eigenvalue weighted by atomic mass is 32.2. The number of hydrogen-bond donors (Lipinski definition) is 1. The quantitative estimate of drug-likeness (QED) is 0.783. The Bertz CT molecular complexity index is 214. The molecule has 0 spiro atoms. The maximum Gasteiger partial charge on any atom is 0.0667 e. The van der Waals surface area contributed by atoms with Crippen molar-refractivity contribution in [3.63, 3.8) is 0 Å². The van der Waals surface area contributed by atoms with E-state index in [4.69, 9.17) is 10.4 Å². The van der Waals surface area contributed by atoms with Crippen molar-refractivity contribution in [1.29, 1.82) is 5.26 Å². The third kappa shape index (κ3) is 3.18. The van der Waals surface area contributed by atoms with Gasteiger partial charge >= 0.3 is 0 Å². The number of nitrogens with zero attached hydrogens (tertiary/aromatic N) is 1. The SMILES string of the molecule is CC1CCC(C#N)C(SC(C)CO)C1. The lowest BCUT2D eigenvalue weighted by Gasteiger charge is -2.31. The molecule has 0 amide bonds. The van der Waals surface area contributed by atoms with Crippen molar-refractivity contribution in [3.8, 4) is 6.07 Å². The third-order valence-electron chi connectivity index (χ3n) is 2.88. The van der Waals surface area contributed by atoms with Crippen molar-refractivity contribution >= 4 is 11.8 Å². The number of nitriles is 1. The van der Waals surface area contributed by atoms with Crippen LogP contribution in [0.15, 0.2) is 0 Å². The Morgan fingerprint density at radius 2 is 2.29 bits per heavy atom. The van der Waals surface area contributed by atoms with Crippen LogP contribution >= 0.6 is 11.8 Å². The van der Waals surface area contributed by atoms with E-state index in [0.717, 1.165) is 18.8 Å². The highest BCUT2D eigenvalue weighted by molar-refractivity contribution is 8.00. The number of thioether (sulfide) groups is 1. The van der Waals surface area contributed by atoms with Crippen LogP contribution in [0.3, 0.4) is 0 Å². The molecule has 1 fully saturated rings. The molecule has 0 saturated heterocycles. The van der Waals surface area contributed by atoms with E-state index < -0.39 is 0 Å². The van der Waals surface area contributed by atoms with E-state index in [1.807, 2.05) is 6.92 Å². The second-order valence-electron chi connectivity index (χ2n) is 4.32. The zero-order valence-corrected chi connectivity index (χ0v) is 9.76. The number of aliphatic hydroxyl groups excluding tert-OH is 1. The van der Waals surface area contributed by atoms with Crippen molar-refractivity contribution < 1.29 is 5.11 Å². The van der Waals surface area contributed by atoms with E-state index in [2.05, 4.69) is 13.0 Å². The lowest BCUT2D eigenvalue weighted by Crippen LogP contribution is -2.27. The summed E-state index contributed by atoms with van der Waals surface area (Å²) < 4.78 is 0. The number of hydrogen-bond acceptors (Lipinski definition) is 3. The molecule has 0 heterocycles. The van der Waals surface area contributed by atoms with E-state index in [0.29, 0.717) is 5.25 Å². The van der Waals surface area contributed by atoms with Gasteiger partial charge < -0.3 is 5.11 Å². The van der Waals surface area contributed by atoms with Gasteiger partial charge in [0, 0.05) is 10.5 Å². The maximum atomic E-state index is 9.01. The molecule has 80 valence electrons. The van der Waals surface area contributed by atoms with Crippen LogP contribution in [-0.4, -0.2) is 22.2 Å². The standard InChI is InChI=1S/C11H19NOS/c1-8-3-4-10(6-12)11(5-8)14-9(2)7-13/h8-11,13H,3-5,7H2,1-2H3. The number of aliphatic hydroxyl groups is 1. The lowest BCUT2D eigenvalue weighted by atomic mass is 9.83. The van der Waals surface area contributed by atoms with Crippen LogP contribution in [0.1, 0.15) is 33.1 Å². The highest BCUT2D eigenvalue weighted by Crippen LogP contribution is 2.37. The average molecular weight is 213 g/mol. The molecule has 0 aromatic heterocycles. The third-order valence-corrected chi connectivity index (χ3v) is 4.37. The average Bonchev–Trinajstić information content (AvgIpc) is 2.18. The summed E-state index contributed by atoms with van der Waals surface area (Å²) in [5.41, 5.74) is 0. The van der Waals surface area contributed by atoms with E-state index >= 15 is 0 Å². The molecule has 1 N–H and O–H groups in total. The van der Waals surface area contributed by atoms with E-state index in [1.165, 1.54) is 6.42 Å². The van der Waals surface area contributed by atoms with Crippen LogP contribution in [0.25, 0.3) is 0 Å². The van der Waals surface area contributed by atoms with Crippen molar-refractivity contribution in [2.75, 3.05) is 6.61 Å². The molecule has 0 aromatic rings. The van der Waals surface area contributed by atoms with Crippen LogP contribution in [0.4, 0.5) is 0 Å². The molecular formula is C11H19NOS. The van der Waals surface area contributed by atoms with Gasteiger partial charge in [0.1, 0.15) is 0 Å². The summed E-state index contributed by atoms with van der Waals surface area (Å²) in [6, 6.07) is 2.40. The Labute approximate surface area is 90.7 Å². The Morgan fingerprint density at radius 1 is 1.57 bits per heavy atom. The Hall–Kier alpha value is -0.200. The van der Waals surface area contributed by atoms with E-state index in [9.17, 15) is 0 Å². The molecule has 1 rings (SSSR count). The Morgan fingerprint density at radius 3 is 2.86 bits per heavy atom. The summed E-state index contributed by atoms with van der Waals surface area (Å²) in [5, 5.41) is 18.7. The molecular weight excluding hydrogens is 194 g/mol. The fourth-order valence-electron chi connectivity index (χ4n) is 1.97. The topological polar surface area (TPSA) is 44.0 Å². The first-order valence-corrected chi connectivity index (χ1v) is 6.27. The summed E-state index contributed by atoms with van der Waals surface area (Å²) in [7, 11) is 0. The molecule has 3 heteroatoms. The summed E-state index contributed by atoms with van der Waals surface area (Å²) >= 11 is 1.78. The molecule has 2 nitrogen and oxygen atoms in total. The molecule has 1 aliphatic rings. The minimum Gasteiger partial charge on any atom is -0.395 e. The van der Waals surface area contributed by atoms with Gasteiger partial charge in [0.25, 0.3) is 0 Å². The fourth-order valence-corrected chi connectivity index (χ4v) is 3.48. The van der Waals surface area contributed by atoms with Crippen LogP contribution in [-0.2, 0) is 0 Å². The van der Waals surface area contributed by atoms with Gasteiger partial charge in [-0.1, -0.05) is 13.8 Å². The van der Waals surface area contributed by atoms with Gasteiger partial charge in [0.05, 0.1) is 18.6 Å². The molecule has 1 aliphatic carbocycles. The predicted molar refractivity (Wildman–Crippen MR) is 60.0 cm³/mol. The number of rotatable bonds is 3. The fraction of sp³-hybridized carbons (Fsp3) is 0.909. The first-order chi connectivity index (χ1) is 6.67. The highest BCUT2D eigenvalue weighted by Gasteiger charge is 2.29. The summed E-state index contributed by atoms with van der Waals surface area (Å²) in [4.78, 5) is 0. The molecule has 0 bridgehead atoms. The zero-order valence-electron chi connectivity index (χ0n) is 8.94. The predicted octanol–water partition coefficient (Wildman–Crippen LogP) is 2.43. The van der Waals surface area contributed by atoms with Gasteiger partial charge in [-0.2, -0.15) is 17.0 Å². The zero-order chi connectivity index (χ0) is 10.6. The summed E-state index contributed by atoms with van der Waals surface area (Å²) in [6.45, 7) is 4.50. The first kappa shape index (κ1) is 11.9. The largest absolute Gasteiger partial charge is 0.395 e. The van der Waals surface area contributed by atoms with Crippen molar-refractivity contribution in [2.45, 2.75) is 43.6 Å². The van der Waals surface area contributed by atoms with Gasteiger partial charge in [-0.15, -0.1) is 0 Å². The van der Waals surface area contributed by atoms with Gasteiger partial charge in [-0.3, -0.25) is 0 Å². The summed E-state index contributed by atoms with van der Waals surface area (Å²) in [6.07, 6.45) is 3.35. The van der Waals surface area contributed by atoms with Gasteiger partial charge in [0.2, 0.25) is 0 Å². The molecule has 1 saturated carbocycles. The van der Waals surface area contributed by atoms with Crippen molar-refractivity contribution in [3.05, 3.63) is 0 Å². The van der Waals surface area contributed by atoms with E-state index in [-0.39, 0.29) is 17.8 Å². The lowest BCUT2D eigenvalue weighted by molar-refractivity contribution is 0.297.